The number of rotatable bonds is 8. The van der Waals surface area contributed by atoms with Crippen molar-refractivity contribution in [2.24, 2.45) is 0 Å². The normalized spacial score (nSPS) is 10.8. The Labute approximate surface area is 121 Å². The van der Waals surface area contributed by atoms with Crippen LogP contribution in [0.4, 0.5) is 5.82 Å². The molecule has 0 radical (unpaired) electrons. The largest absolute Gasteiger partial charge is 0.358 e. The first kappa shape index (κ1) is 16.0. The first-order valence-corrected chi connectivity index (χ1v) is 7.12. The van der Waals surface area contributed by atoms with Gasteiger partial charge in [0.1, 0.15) is 5.82 Å². The lowest BCUT2D eigenvalue weighted by Gasteiger charge is -2.19. The zero-order valence-electron chi connectivity index (χ0n) is 12.1. The molecular weight excluding hydrogens is 258 g/mol. The molecule has 0 saturated carbocycles. The Balaban J connectivity index is 2.62. The number of hydrogen-bond donors (Lipinski definition) is 1. The van der Waals surface area contributed by atoms with Gasteiger partial charge in [-0.3, -0.25) is 0 Å². The Kier molecular flexibility index (Phi) is 6.89. The maximum absolute atomic E-state index is 6.30. The van der Waals surface area contributed by atoms with E-state index in [-0.39, 0.29) is 0 Å². The molecule has 1 N–H and O–H groups in total. The first-order chi connectivity index (χ1) is 9.04. The topological polar surface area (TPSA) is 28.2 Å². The molecule has 0 aliphatic carbocycles. The summed E-state index contributed by atoms with van der Waals surface area (Å²) in [6, 6.07) is 2.45. The first-order valence-electron chi connectivity index (χ1n) is 6.74. The molecule has 1 aromatic rings. The minimum Gasteiger partial charge on any atom is -0.358 e. The minimum absolute atomic E-state index is 0.458. The van der Waals surface area contributed by atoms with Gasteiger partial charge < -0.3 is 10.2 Å². The van der Waals surface area contributed by atoms with E-state index in [1.54, 1.807) is 0 Å². The average Bonchev–Trinajstić information content (AvgIpc) is 2.36. The second kappa shape index (κ2) is 8.18. The molecule has 4 heteroatoms. The van der Waals surface area contributed by atoms with E-state index in [0.29, 0.717) is 11.1 Å². The van der Waals surface area contributed by atoms with E-state index >= 15 is 0 Å². The summed E-state index contributed by atoms with van der Waals surface area (Å²) < 4.78 is 0. The smallest absolute Gasteiger partial charge is 0.147 e. The van der Waals surface area contributed by atoms with Gasteiger partial charge in [-0.25, -0.2) is 4.98 Å². The molecule has 0 aliphatic rings. The molecular formula is C15H24ClN3. The quantitative estimate of drug-likeness (QED) is 0.582. The maximum atomic E-state index is 6.30. The van der Waals surface area contributed by atoms with Gasteiger partial charge in [0.15, 0.2) is 0 Å². The summed E-state index contributed by atoms with van der Waals surface area (Å²) in [6.07, 6.45) is 5.90. The Hall–Kier alpha value is -1.06. The number of allylic oxidation sites excluding steroid dienone is 1. The molecule has 0 aliphatic heterocycles. The van der Waals surface area contributed by atoms with E-state index in [9.17, 15) is 0 Å². The van der Waals surface area contributed by atoms with E-state index in [0.717, 1.165) is 37.3 Å². The van der Waals surface area contributed by atoms with Crippen molar-refractivity contribution in [2.75, 3.05) is 18.5 Å². The highest BCUT2D eigenvalue weighted by Crippen LogP contribution is 2.23. The summed E-state index contributed by atoms with van der Waals surface area (Å²) in [6.45, 7) is 9.70. The van der Waals surface area contributed by atoms with Crippen LogP contribution in [0.2, 0.25) is 5.02 Å². The van der Waals surface area contributed by atoms with E-state index in [4.69, 9.17) is 11.6 Å². The van der Waals surface area contributed by atoms with Gasteiger partial charge in [0, 0.05) is 32.4 Å². The molecule has 0 fully saturated rings. The van der Waals surface area contributed by atoms with Gasteiger partial charge in [0.25, 0.3) is 0 Å². The SMILES string of the molecule is C=CCCCN(C)c1ncc(CNC(C)C)cc1Cl. The van der Waals surface area contributed by atoms with Crippen LogP contribution in [0.25, 0.3) is 0 Å². The van der Waals surface area contributed by atoms with Crippen molar-refractivity contribution in [3.63, 3.8) is 0 Å². The number of aromatic nitrogens is 1. The molecule has 0 atom stereocenters. The lowest BCUT2D eigenvalue weighted by atomic mass is 10.2. The van der Waals surface area contributed by atoms with Gasteiger partial charge in [-0.15, -0.1) is 6.58 Å². The number of nitrogens with zero attached hydrogens (tertiary/aromatic N) is 2. The van der Waals surface area contributed by atoms with Crippen LogP contribution < -0.4 is 10.2 Å². The van der Waals surface area contributed by atoms with Gasteiger partial charge in [-0.2, -0.15) is 0 Å². The molecule has 0 spiro atoms. The third-order valence-corrected chi connectivity index (χ3v) is 3.13. The number of hydrogen-bond acceptors (Lipinski definition) is 3. The Morgan fingerprint density at radius 1 is 1.53 bits per heavy atom. The molecule has 0 saturated heterocycles. The van der Waals surface area contributed by atoms with Crippen LogP contribution in [0, 0.1) is 0 Å². The molecule has 3 nitrogen and oxygen atoms in total. The van der Waals surface area contributed by atoms with Crippen LogP contribution in [0.5, 0.6) is 0 Å². The van der Waals surface area contributed by atoms with Crippen molar-refractivity contribution in [1.82, 2.24) is 10.3 Å². The summed E-state index contributed by atoms with van der Waals surface area (Å²) in [7, 11) is 2.02. The van der Waals surface area contributed by atoms with Crippen LogP contribution in [0.15, 0.2) is 24.9 Å². The molecule has 0 amide bonds. The molecule has 0 aromatic carbocycles. The number of nitrogens with one attached hydrogen (secondary N) is 1. The Morgan fingerprint density at radius 2 is 2.26 bits per heavy atom. The Bertz CT molecular complexity index is 404. The van der Waals surface area contributed by atoms with Crippen LogP contribution in [-0.2, 0) is 6.54 Å². The Morgan fingerprint density at radius 3 is 2.84 bits per heavy atom. The molecule has 19 heavy (non-hydrogen) atoms. The zero-order valence-corrected chi connectivity index (χ0v) is 12.9. The lowest BCUT2D eigenvalue weighted by molar-refractivity contribution is 0.588. The second-order valence-corrected chi connectivity index (χ2v) is 5.44. The van der Waals surface area contributed by atoms with Crippen molar-refractivity contribution in [1.29, 1.82) is 0 Å². The highest BCUT2D eigenvalue weighted by atomic mass is 35.5. The summed E-state index contributed by atoms with van der Waals surface area (Å²) in [4.78, 5) is 6.55. The van der Waals surface area contributed by atoms with E-state index in [1.807, 2.05) is 25.4 Å². The summed E-state index contributed by atoms with van der Waals surface area (Å²) >= 11 is 6.30. The van der Waals surface area contributed by atoms with Crippen molar-refractivity contribution in [2.45, 2.75) is 39.3 Å². The predicted octanol–water partition coefficient (Wildman–Crippen LogP) is 3.64. The third kappa shape index (κ3) is 5.62. The number of halogens is 1. The molecule has 106 valence electrons. The summed E-state index contributed by atoms with van der Waals surface area (Å²) in [5, 5.41) is 4.07. The number of anilines is 1. The fourth-order valence-electron chi connectivity index (χ4n) is 1.75. The van der Waals surface area contributed by atoms with E-state index in [1.165, 1.54) is 0 Å². The fourth-order valence-corrected chi connectivity index (χ4v) is 2.08. The lowest BCUT2D eigenvalue weighted by Crippen LogP contribution is -2.23. The van der Waals surface area contributed by atoms with Crippen molar-refractivity contribution < 1.29 is 0 Å². The van der Waals surface area contributed by atoms with Crippen molar-refractivity contribution in [3.8, 4) is 0 Å². The second-order valence-electron chi connectivity index (χ2n) is 5.04. The average molecular weight is 282 g/mol. The van der Waals surface area contributed by atoms with E-state index in [2.05, 4.69) is 35.6 Å². The van der Waals surface area contributed by atoms with Gasteiger partial charge in [-0.05, 0) is 24.5 Å². The van der Waals surface area contributed by atoms with E-state index < -0.39 is 0 Å². The van der Waals surface area contributed by atoms with Crippen LogP contribution in [-0.4, -0.2) is 24.6 Å². The number of pyridine rings is 1. The summed E-state index contributed by atoms with van der Waals surface area (Å²) in [5.74, 6) is 0.846. The minimum atomic E-state index is 0.458. The van der Waals surface area contributed by atoms with Crippen LogP contribution in [0.3, 0.4) is 0 Å². The number of unbranched alkanes of at least 4 members (excludes halogenated alkanes) is 1. The van der Waals surface area contributed by atoms with Crippen LogP contribution in [0.1, 0.15) is 32.3 Å². The molecule has 0 bridgehead atoms. The van der Waals surface area contributed by atoms with Crippen LogP contribution >= 0.6 is 11.6 Å². The standard InChI is InChI=1S/C15H24ClN3/c1-5-6-7-8-19(4)15-14(16)9-13(11-18-15)10-17-12(2)3/h5,9,11-12,17H,1,6-8,10H2,2-4H3. The molecule has 0 unspecified atom stereocenters. The fraction of sp³-hybridized carbons (Fsp3) is 0.533. The van der Waals surface area contributed by atoms with Gasteiger partial charge in [-0.1, -0.05) is 31.5 Å². The van der Waals surface area contributed by atoms with Gasteiger partial charge >= 0.3 is 0 Å². The highest BCUT2D eigenvalue weighted by molar-refractivity contribution is 6.33. The monoisotopic (exact) mass is 281 g/mol. The molecule has 1 rings (SSSR count). The zero-order chi connectivity index (χ0) is 14.3. The van der Waals surface area contributed by atoms with Gasteiger partial charge in [0.2, 0.25) is 0 Å². The van der Waals surface area contributed by atoms with Crippen molar-refractivity contribution in [3.05, 3.63) is 35.5 Å². The third-order valence-electron chi connectivity index (χ3n) is 2.86. The maximum Gasteiger partial charge on any atom is 0.147 e. The predicted molar refractivity (Wildman–Crippen MR) is 83.9 cm³/mol. The van der Waals surface area contributed by atoms with Crippen molar-refractivity contribution >= 4 is 17.4 Å². The molecule has 1 heterocycles. The highest BCUT2D eigenvalue weighted by Gasteiger charge is 2.08. The summed E-state index contributed by atoms with van der Waals surface area (Å²) in [5.41, 5.74) is 1.11. The molecule has 1 aromatic heterocycles. The van der Waals surface area contributed by atoms with Gasteiger partial charge in [0.05, 0.1) is 5.02 Å².